The van der Waals surface area contributed by atoms with Gasteiger partial charge in [-0.1, -0.05) is 71.9 Å². The Morgan fingerprint density at radius 1 is 1.02 bits per heavy atom. The molecule has 0 saturated carbocycles. The molecule has 7 nitrogen and oxygen atoms in total. The highest BCUT2D eigenvalue weighted by Crippen LogP contribution is 2.41. The predicted molar refractivity (Wildman–Crippen MR) is 166 cm³/mol. The molecule has 4 rings (SSSR count). The van der Waals surface area contributed by atoms with E-state index in [1.54, 1.807) is 13.8 Å². The molecule has 2 amide bonds. The van der Waals surface area contributed by atoms with Gasteiger partial charge in [0, 0.05) is 25.9 Å². The first-order chi connectivity index (χ1) is 19.4. The van der Waals surface area contributed by atoms with E-state index in [9.17, 15) is 9.59 Å². The first-order valence-corrected chi connectivity index (χ1v) is 15.0. The van der Waals surface area contributed by atoms with Crippen molar-refractivity contribution in [2.75, 3.05) is 26.3 Å². The van der Waals surface area contributed by atoms with Crippen LogP contribution < -0.4 is 10.1 Å². The van der Waals surface area contributed by atoms with Crippen LogP contribution in [-0.2, 0) is 22.4 Å². The Hall–Kier alpha value is -3.06. The molecule has 2 N–H and O–H groups in total. The van der Waals surface area contributed by atoms with Gasteiger partial charge >= 0.3 is 6.09 Å². The molecule has 1 saturated heterocycles. The molecule has 7 heteroatoms. The number of likely N-dealkylation sites (tertiary alicyclic amines) is 1. The maximum Gasteiger partial charge on any atom is 0.409 e. The standard InChI is InChI=1S/C27H35NO3.C5H11NO2.C2H6/c1-5-20-6-8-21(9-7-20)22-10-11-24-23(18-22)12-13-27(31-24)14-16-28(17-15-27)25(29)30-19-26(2,3)4;1-5(2,3-7)6-4-8;1-2/h6-11,18H,5,12-17,19H2,1-4H3;4,7H,3H2,1-2H3,(H,6,8);1-2H3. The molecule has 2 heterocycles. The van der Waals surface area contributed by atoms with E-state index in [4.69, 9.17) is 14.6 Å². The number of ether oxygens (including phenoxy) is 2. The van der Waals surface area contributed by atoms with E-state index in [2.05, 4.69) is 75.5 Å². The summed E-state index contributed by atoms with van der Waals surface area (Å²) in [6, 6.07) is 15.4. The number of hydrogen-bond donors (Lipinski definition) is 2. The van der Waals surface area contributed by atoms with Gasteiger partial charge in [-0.05, 0) is 72.9 Å². The van der Waals surface area contributed by atoms with Gasteiger partial charge < -0.3 is 24.8 Å². The molecule has 0 radical (unpaired) electrons. The lowest BCUT2D eigenvalue weighted by molar-refractivity contribution is -0.111. The minimum atomic E-state index is -0.470. The average Bonchev–Trinajstić information content (AvgIpc) is 2.97. The highest BCUT2D eigenvalue weighted by Gasteiger charge is 2.41. The van der Waals surface area contributed by atoms with E-state index in [0.29, 0.717) is 26.1 Å². The lowest BCUT2D eigenvalue weighted by Crippen LogP contribution is -2.51. The SMILES string of the molecule is CC.CC(C)(CO)NC=O.CCc1ccc(-c2ccc3c(c2)CCC2(CCN(C(=O)OCC(C)(C)C)CC2)O3)cc1. The second-order valence-electron chi connectivity index (χ2n) is 12.6. The fourth-order valence-electron chi connectivity index (χ4n) is 4.66. The first-order valence-electron chi connectivity index (χ1n) is 15.0. The van der Waals surface area contributed by atoms with E-state index in [0.717, 1.165) is 37.9 Å². The Labute approximate surface area is 247 Å². The summed E-state index contributed by atoms with van der Waals surface area (Å²) in [6.45, 7) is 17.7. The van der Waals surface area contributed by atoms with E-state index in [1.165, 1.54) is 22.3 Å². The van der Waals surface area contributed by atoms with Gasteiger partial charge in [0.15, 0.2) is 0 Å². The molecule has 2 aliphatic heterocycles. The van der Waals surface area contributed by atoms with Crippen LogP contribution in [0.15, 0.2) is 42.5 Å². The van der Waals surface area contributed by atoms with E-state index in [1.807, 2.05) is 18.7 Å². The van der Waals surface area contributed by atoms with Crippen molar-refractivity contribution in [1.82, 2.24) is 10.2 Å². The number of aryl methyl sites for hydroxylation is 2. The van der Waals surface area contributed by atoms with Crippen LogP contribution in [0.1, 0.15) is 85.8 Å². The number of carbonyl (C=O) groups is 2. The summed E-state index contributed by atoms with van der Waals surface area (Å²) in [6.07, 6.45) is 5.18. The number of aliphatic hydroxyl groups is 1. The molecule has 0 atom stereocenters. The van der Waals surface area contributed by atoms with Crippen molar-refractivity contribution in [2.45, 2.75) is 98.6 Å². The van der Waals surface area contributed by atoms with Crippen molar-refractivity contribution in [3.63, 3.8) is 0 Å². The zero-order chi connectivity index (χ0) is 30.7. The summed E-state index contributed by atoms with van der Waals surface area (Å²) in [4.78, 5) is 24.0. The van der Waals surface area contributed by atoms with Crippen LogP contribution in [0.2, 0.25) is 0 Å². The van der Waals surface area contributed by atoms with Gasteiger partial charge in [-0.15, -0.1) is 0 Å². The molecular formula is C34H52N2O5. The molecular weight excluding hydrogens is 516 g/mol. The largest absolute Gasteiger partial charge is 0.487 e. The first kappa shape index (κ1) is 34.1. The molecule has 1 fully saturated rings. The number of nitrogens with one attached hydrogen (secondary N) is 1. The van der Waals surface area contributed by atoms with Gasteiger partial charge in [0.1, 0.15) is 11.4 Å². The third-order valence-corrected chi connectivity index (χ3v) is 7.34. The molecule has 0 aliphatic carbocycles. The van der Waals surface area contributed by atoms with Crippen molar-refractivity contribution in [1.29, 1.82) is 0 Å². The Morgan fingerprint density at radius 3 is 2.15 bits per heavy atom. The summed E-state index contributed by atoms with van der Waals surface area (Å²) in [5, 5.41) is 10.9. The number of carbonyl (C=O) groups excluding carboxylic acids is 2. The van der Waals surface area contributed by atoms with E-state index in [-0.39, 0.29) is 23.7 Å². The Bertz CT molecular complexity index is 1100. The van der Waals surface area contributed by atoms with E-state index >= 15 is 0 Å². The molecule has 0 aromatic heterocycles. The highest BCUT2D eigenvalue weighted by molar-refractivity contribution is 5.68. The van der Waals surface area contributed by atoms with Crippen molar-refractivity contribution < 1.29 is 24.2 Å². The molecule has 2 aromatic carbocycles. The molecule has 228 valence electrons. The number of fused-ring (bicyclic) bond motifs is 1. The average molecular weight is 569 g/mol. The number of hydrogen-bond acceptors (Lipinski definition) is 5. The van der Waals surface area contributed by atoms with Gasteiger partial charge in [0.05, 0.1) is 18.8 Å². The third-order valence-electron chi connectivity index (χ3n) is 7.34. The third kappa shape index (κ3) is 10.4. The van der Waals surface area contributed by atoms with Crippen LogP contribution in [0.4, 0.5) is 4.79 Å². The van der Waals surface area contributed by atoms with Crippen molar-refractivity contribution in [3.05, 3.63) is 53.6 Å². The number of aliphatic hydroxyl groups excluding tert-OH is 1. The van der Waals surface area contributed by atoms with Crippen LogP contribution in [0.5, 0.6) is 5.75 Å². The van der Waals surface area contributed by atoms with Crippen molar-refractivity contribution in [3.8, 4) is 16.9 Å². The molecule has 2 aliphatic rings. The summed E-state index contributed by atoms with van der Waals surface area (Å²) in [5.41, 5.74) is 4.51. The Balaban J connectivity index is 0.000000509. The minimum Gasteiger partial charge on any atom is -0.487 e. The van der Waals surface area contributed by atoms with Crippen molar-refractivity contribution in [2.24, 2.45) is 5.41 Å². The van der Waals surface area contributed by atoms with Gasteiger partial charge in [-0.3, -0.25) is 4.79 Å². The van der Waals surface area contributed by atoms with E-state index < -0.39 is 5.54 Å². The molecule has 1 spiro atoms. The molecule has 41 heavy (non-hydrogen) atoms. The van der Waals surface area contributed by atoms with Crippen LogP contribution in [0.25, 0.3) is 11.1 Å². The maximum absolute atomic E-state index is 12.4. The monoisotopic (exact) mass is 568 g/mol. The van der Waals surface area contributed by atoms with Gasteiger partial charge in [-0.2, -0.15) is 0 Å². The zero-order valence-corrected chi connectivity index (χ0v) is 26.5. The van der Waals surface area contributed by atoms with Gasteiger partial charge in [-0.25, -0.2) is 4.79 Å². The quantitative estimate of drug-likeness (QED) is 0.375. The second-order valence-corrected chi connectivity index (χ2v) is 12.6. The molecule has 0 unspecified atom stereocenters. The fraction of sp³-hybridized carbons (Fsp3) is 0.588. The minimum absolute atomic E-state index is 0.0141. The van der Waals surface area contributed by atoms with Gasteiger partial charge in [0.25, 0.3) is 0 Å². The highest BCUT2D eigenvalue weighted by atomic mass is 16.6. The number of benzene rings is 2. The normalized spacial score (nSPS) is 15.7. The number of nitrogens with zero attached hydrogens (tertiary/aromatic N) is 1. The topological polar surface area (TPSA) is 88.1 Å². The lowest BCUT2D eigenvalue weighted by Gasteiger charge is -2.44. The summed E-state index contributed by atoms with van der Waals surface area (Å²) < 4.78 is 12.0. The number of rotatable bonds is 6. The second kappa shape index (κ2) is 15.2. The zero-order valence-electron chi connectivity index (χ0n) is 26.5. The maximum atomic E-state index is 12.4. The number of piperidine rings is 1. The molecule has 2 aromatic rings. The summed E-state index contributed by atoms with van der Waals surface area (Å²) >= 11 is 0. The van der Waals surface area contributed by atoms with Crippen LogP contribution in [-0.4, -0.2) is 60.0 Å². The fourth-order valence-corrected chi connectivity index (χ4v) is 4.66. The number of amides is 2. The van der Waals surface area contributed by atoms with Crippen LogP contribution >= 0.6 is 0 Å². The van der Waals surface area contributed by atoms with Crippen molar-refractivity contribution >= 4 is 12.5 Å². The molecule has 0 bridgehead atoms. The predicted octanol–water partition coefficient (Wildman–Crippen LogP) is 6.79. The lowest BCUT2D eigenvalue weighted by atomic mass is 9.82. The van der Waals surface area contributed by atoms with Crippen LogP contribution in [0.3, 0.4) is 0 Å². The van der Waals surface area contributed by atoms with Gasteiger partial charge in [0.2, 0.25) is 6.41 Å². The smallest absolute Gasteiger partial charge is 0.409 e. The Morgan fingerprint density at radius 2 is 1.63 bits per heavy atom. The summed E-state index contributed by atoms with van der Waals surface area (Å²) in [7, 11) is 0. The summed E-state index contributed by atoms with van der Waals surface area (Å²) in [5.74, 6) is 1.00. The Kier molecular flexibility index (Phi) is 12.7. The van der Waals surface area contributed by atoms with Crippen LogP contribution in [0, 0.1) is 5.41 Å².